The number of benzene rings is 3. The van der Waals surface area contributed by atoms with Gasteiger partial charge in [-0.05, 0) is 49.2 Å². The molecule has 160 valence electrons. The molecule has 4 rings (SSSR count). The van der Waals surface area contributed by atoms with Gasteiger partial charge in [-0.2, -0.15) is 10.1 Å². The summed E-state index contributed by atoms with van der Waals surface area (Å²) in [4.78, 5) is 13.4. The number of rotatable bonds is 7. The van der Waals surface area contributed by atoms with Gasteiger partial charge in [0.05, 0.1) is 17.9 Å². The number of aromatic hydroxyl groups is 1. The van der Waals surface area contributed by atoms with Crippen LogP contribution >= 0.6 is 0 Å². The largest absolute Gasteiger partial charge is 0.504 e. The number of hydrazone groups is 1. The molecule has 0 saturated carbocycles. The molecule has 3 aromatic carbocycles. The molecule has 0 atom stereocenters. The van der Waals surface area contributed by atoms with Gasteiger partial charge in [-0.25, -0.2) is 0 Å². The van der Waals surface area contributed by atoms with Gasteiger partial charge >= 0.3 is 0 Å². The highest BCUT2D eigenvalue weighted by atomic mass is 16.5. The number of hydrogen-bond donors (Lipinski definition) is 1. The molecule has 0 aromatic heterocycles. The Hall–Kier alpha value is -4.12. The van der Waals surface area contributed by atoms with Crippen molar-refractivity contribution in [1.29, 1.82) is 0 Å². The molecule has 3 aromatic rings. The summed E-state index contributed by atoms with van der Waals surface area (Å²) in [5.74, 6) is 0.253. The number of allylic oxidation sites excluding steroid dienone is 1. The third-order valence-corrected chi connectivity index (χ3v) is 5.08. The second-order valence-electron chi connectivity index (χ2n) is 7.28. The first kappa shape index (κ1) is 21.1. The minimum atomic E-state index is -0.216. The Morgan fingerprint density at radius 3 is 2.41 bits per heavy atom. The van der Waals surface area contributed by atoms with E-state index in [9.17, 15) is 9.90 Å². The van der Waals surface area contributed by atoms with Gasteiger partial charge < -0.3 is 9.84 Å². The lowest BCUT2D eigenvalue weighted by atomic mass is 9.98. The fraction of sp³-hybridized carbons (Fsp3) is 0.111. The van der Waals surface area contributed by atoms with Crippen LogP contribution in [0, 0.1) is 0 Å². The molecule has 0 spiro atoms. The first-order chi connectivity index (χ1) is 15.6. The van der Waals surface area contributed by atoms with Crippen molar-refractivity contribution in [2.75, 3.05) is 11.6 Å². The number of phenols is 1. The summed E-state index contributed by atoms with van der Waals surface area (Å²) in [6.45, 7) is 6.04. The molecule has 1 heterocycles. The number of carbonyl (C=O) groups excluding carboxylic acids is 1. The molecule has 32 heavy (non-hydrogen) atoms. The smallest absolute Gasteiger partial charge is 0.281 e. The van der Waals surface area contributed by atoms with E-state index in [-0.39, 0.29) is 11.7 Å². The van der Waals surface area contributed by atoms with Crippen molar-refractivity contribution in [3.63, 3.8) is 0 Å². The van der Waals surface area contributed by atoms with Gasteiger partial charge in [-0.3, -0.25) is 4.79 Å². The molecular formula is C27H24N2O3. The van der Waals surface area contributed by atoms with Crippen LogP contribution in [0.1, 0.15) is 23.6 Å². The molecule has 0 fully saturated rings. The van der Waals surface area contributed by atoms with Crippen molar-refractivity contribution in [3.05, 3.63) is 108 Å². The van der Waals surface area contributed by atoms with Gasteiger partial charge in [0.2, 0.25) is 0 Å². The van der Waals surface area contributed by atoms with Crippen molar-refractivity contribution in [2.45, 2.75) is 13.3 Å². The second kappa shape index (κ2) is 9.35. The lowest BCUT2D eigenvalue weighted by Gasteiger charge is -2.12. The Kier molecular flexibility index (Phi) is 6.17. The van der Waals surface area contributed by atoms with E-state index in [2.05, 4.69) is 11.7 Å². The molecule has 5 heteroatoms. The van der Waals surface area contributed by atoms with Crippen molar-refractivity contribution in [2.24, 2.45) is 5.10 Å². The Labute approximate surface area is 187 Å². The maximum absolute atomic E-state index is 13.4. The third-order valence-electron chi connectivity index (χ3n) is 5.08. The van der Waals surface area contributed by atoms with Crippen LogP contribution in [0.3, 0.4) is 0 Å². The molecule has 1 aliphatic rings. The summed E-state index contributed by atoms with van der Waals surface area (Å²) >= 11 is 0. The number of hydrogen-bond acceptors (Lipinski definition) is 4. The van der Waals surface area contributed by atoms with Crippen molar-refractivity contribution >= 4 is 23.4 Å². The van der Waals surface area contributed by atoms with Crippen LogP contribution in [-0.4, -0.2) is 23.3 Å². The summed E-state index contributed by atoms with van der Waals surface area (Å²) < 4.78 is 5.62. The predicted molar refractivity (Wildman–Crippen MR) is 128 cm³/mol. The molecule has 0 radical (unpaired) electrons. The number of anilines is 1. The van der Waals surface area contributed by atoms with Crippen LogP contribution in [0.15, 0.2) is 96.1 Å². The lowest BCUT2D eigenvalue weighted by molar-refractivity contribution is -0.114. The Balaban J connectivity index is 1.84. The minimum absolute atomic E-state index is 0.0921. The average molecular weight is 425 g/mol. The second-order valence-corrected chi connectivity index (χ2v) is 7.28. The fourth-order valence-electron chi connectivity index (χ4n) is 3.61. The van der Waals surface area contributed by atoms with E-state index < -0.39 is 0 Å². The third kappa shape index (κ3) is 4.18. The summed E-state index contributed by atoms with van der Waals surface area (Å²) in [5, 5.41) is 16.6. The van der Waals surface area contributed by atoms with E-state index in [0.717, 1.165) is 11.1 Å². The summed E-state index contributed by atoms with van der Waals surface area (Å²) in [6, 6.07) is 22.5. The molecule has 0 saturated heterocycles. The number of carbonyl (C=O) groups is 1. The zero-order chi connectivity index (χ0) is 22.5. The highest BCUT2D eigenvalue weighted by Gasteiger charge is 2.32. The van der Waals surface area contributed by atoms with Gasteiger partial charge in [-0.1, -0.05) is 54.6 Å². The zero-order valence-corrected chi connectivity index (χ0v) is 17.9. The molecule has 1 amide bonds. The van der Waals surface area contributed by atoms with E-state index in [1.807, 2.05) is 73.7 Å². The molecule has 0 unspecified atom stereocenters. The van der Waals surface area contributed by atoms with Crippen LogP contribution in [-0.2, 0) is 11.2 Å². The zero-order valence-electron chi connectivity index (χ0n) is 17.9. The van der Waals surface area contributed by atoms with Crippen LogP contribution in [0.4, 0.5) is 5.69 Å². The summed E-state index contributed by atoms with van der Waals surface area (Å²) in [6.07, 6.45) is 3.99. The molecular weight excluding hydrogens is 400 g/mol. The Morgan fingerprint density at radius 2 is 1.75 bits per heavy atom. The Morgan fingerprint density at radius 1 is 1.06 bits per heavy atom. The SMILES string of the molecule is C=CCc1cc(/C=C2\C(=O)N(c3ccccc3)N=C2c2ccccc2)cc(OCC)c1O. The molecule has 1 aliphatic heterocycles. The van der Waals surface area contributed by atoms with Crippen molar-refractivity contribution < 1.29 is 14.6 Å². The van der Waals surface area contributed by atoms with E-state index in [1.165, 1.54) is 5.01 Å². The monoisotopic (exact) mass is 424 g/mol. The van der Waals surface area contributed by atoms with Gasteiger partial charge in [0.25, 0.3) is 5.91 Å². The quantitative estimate of drug-likeness (QED) is 0.411. The number of phenolic OH excluding ortho intramolecular Hbond substituents is 1. The van der Waals surface area contributed by atoms with E-state index in [1.54, 1.807) is 18.2 Å². The maximum Gasteiger partial charge on any atom is 0.281 e. The van der Waals surface area contributed by atoms with Crippen molar-refractivity contribution in [1.82, 2.24) is 0 Å². The number of ether oxygens (including phenoxy) is 1. The topological polar surface area (TPSA) is 62.1 Å². The van der Waals surface area contributed by atoms with Crippen LogP contribution in [0.5, 0.6) is 11.5 Å². The normalized spacial score (nSPS) is 14.5. The average Bonchev–Trinajstić information content (AvgIpc) is 3.14. The first-order valence-corrected chi connectivity index (χ1v) is 10.5. The molecule has 1 N–H and O–H groups in total. The van der Waals surface area contributed by atoms with Crippen LogP contribution in [0.25, 0.3) is 6.08 Å². The number of amides is 1. The summed E-state index contributed by atoms with van der Waals surface area (Å²) in [7, 11) is 0. The highest BCUT2D eigenvalue weighted by Crippen LogP contribution is 2.34. The predicted octanol–water partition coefficient (Wildman–Crippen LogP) is 5.35. The van der Waals surface area contributed by atoms with E-state index in [0.29, 0.717) is 41.3 Å². The fourth-order valence-corrected chi connectivity index (χ4v) is 3.61. The molecule has 0 bridgehead atoms. The van der Waals surface area contributed by atoms with E-state index >= 15 is 0 Å². The maximum atomic E-state index is 13.4. The van der Waals surface area contributed by atoms with Gasteiger partial charge in [0.1, 0.15) is 5.71 Å². The standard InChI is InChI=1S/C27H24N2O3/c1-3-11-21-16-19(18-24(26(21)30)32-4-2)17-23-25(20-12-7-5-8-13-20)28-29(27(23)31)22-14-9-6-10-15-22/h3,5-10,12-18,30H,1,4,11H2,2H3/b23-17-. The molecule has 0 aliphatic carbocycles. The van der Waals surface area contributed by atoms with Crippen LogP contribution in [0.2, 0.25) is 0 Å². The van der Waals surface area contributed by atoms with Crippen LogP contribution < -0.4 is 9.75 Å². The molecule has 5 nitrogen and oxygen atoms in total. The Bertz CT molecular complexity index is 1200. The summed E-state index contributed by atoms with van der Waals surface area (Å²) in [5.41, 5.74) is 4.03. The van der Waals surface area contributed by atoms with Gasteiger partial charge in [0.15, 0.2) is 11.5 Å². The highest BCUT2D eigenvalue weighted by molar-refractivity contribution is 6.37. The minimum Gasteiger partial charge on any atom is -0.504 e. The lowest BCUT2D eigenvalue weighted by Crippen LogP contribution is -2.21. The number of nitrogens with zero attached hydrogens (tertiary/aromatic N) is 2. The van der Waals surface area contributed by atoms with Crippen molar-refractivity contribution in [3.8, 4) is 11.5 Å². The van der Waals surface area contributed by atoms with E-state index in [4.69, 9.17) is 4.74 Å². The van der Waals surface area contributed by atoms with Gasteiger partial charge in [0, 0.05) is 11.1 Å². The number of para-hydroxylation sites is 1. The first-order valence-electron chi connectivity index (χ1n) is 10.5. The van der Waals surface area contributed by atoms with Gasteiger partial charge in [-0.15, -0.1) is 6.58 Å².